The van der Waals surface area contributed by atoms with Gasteiger partial charge in [0.15, 0.2) is 0 Å². The predicted octanol–water partition coefficient (Wildman–Crippen LogP) is 4.09. The van der Waals surface area contributed by atoms with Crippen LogP contribution in [0.2, 0.25) is 0 Å². The Kier molecular flexibility index (Phi) is 10.5. The van der Waals surface area contributed by atoms with Gasteiger partial charge in [0.25, 0.3) is 0 Å². The van der Waals surface area contributed by atoms with Crippen LogP contribution >= 0.6 is 0 Å². The summed E-state index contributed by atoms with van der Waals surface area (Å²) in [5, 5.41) is 0. The van der Waals surface area contributed by atoms with Crippen molar-refractivity contribution in [2.24, 2.45) is 0 Å². The third-order valence-corrected chi connectivity index (χ3v) is 4.94. The summed E-state index contributed by atoms with van der Waals surface area (Å²) in [6.45, 7) is 5.18. The standard InChI is InChI=1S/C27H26O13/c1-16(2)17-6-7-19(38-17)24(29)34-12-4-14-36-26(31)21-10-11-22(40-21)27(32)37-15-5-13-35-25(30)20-9-8-18(39-20)23(28)33-3/h6-11H,1,4-5,12-15H2,2-3H3. The number of hydrogen-bond donors (Lipinski definition) is 0. The SMILES string of the molecule is C=C(C)c1ccc(C(=O)OCCCOC(=O)c2ccc(C(=O)OCCCOC(=O)c3ccc(C(=O)OC)o3)o2)o1. The summed E-state index contributed by atoms with van der Waals surface area (Å²) < 4.78 is 40.1. The molecule has 0 aliphatic heterocycles. The van der Waals surface area contributed by atoms with Crippen LogP contribution in [0.1, 0.15) is 78.3 Å². The van der Waals surface area contributed by atoms with E-state index in [0.29, 0.717) is 11.3 Å². The number of carbonyl (C=O) groups excluding carboxylic acids is 5. The van der Waals surface area contributed by atoms with Crippen LogP contribution in [0.4, 0.5) is 0 Å². The summed E-state index contributed by atoms with van der Waals surface area (Å²) >= 11 is 0. The quantitative estimate of drug-likeness (QED) is 0.157. The lowest BCUT2D eigenvalue weighted by Crippen LogP contribution is -2.11. The van der Waals surface area contributed by atoms with Gasteiger partial charge in [-0.15, -0.1) is 0 Å². The van der Waals surface area contributed by atoms with Crippen molar-refractivity contribution in [2.45, 2.75) is 19.8 Å². The lowest BCUT2D eigenvalue weighted by molar-refractivity contribution is 0.0350. The number of hydrogen-bond acceptors (Lipinski definition) is 13. The van der Waals surface area contributed by atoms with Crippen LogP contribution in [-0.4, -0.2) is 63.4 Å². The first kappa shape index (κ1) is 29.5. The number of allylic oxidation sites excluding steroid dienone is 1. The van der Waals surface area contributed by atoms with Crippen molar-refractivity contribution in [3.8, 4) is 0 Å². The number of furan rings is 3. The largest absolute Gasteiger partial charge is 0.463 e. The second-order valence-corrected chi connectivity index (χ2v) is 8.01. The minimum Gasteiger partial charge on any atom is -0.463 e. The predicted molar refractivity (Wildman–Crippen MR) is 133 cm³/mol. The van der Waals surface area contributed by atoms with Gasteiger partial charge in [-0.1, -0.05) is 6.58 Å². The average molecular weight is 558 g/mol. The van der Waals surface area contributed by atoms with Gasteiger partial charge < -0.3 is 36.9 Å². The van der Waals surface area contributed by atoms with E-state index in [1.54, 1.807) is 13.0 Å². The summed E-state index contributed by atoms with van der Waals surface area (Å²) in [5.74, 6) is -4.09. The first-order valence-corrected chi connectivity index (χ1v) is 11.9. The van der Waals surface area contributed by atoms with Crippen molar-refractivity contribution >= 4 is 35.4 Å². The molecule has 3 aromatic heterocycles. The van der Waals surface area contributed by atoms with Crippen molar-refractivity contribution in [2.75, 3.05) is 33.5 Å². The van der Waals surface area contributed by atoms with E-state index in [2.05, 4.69) is 11.3 Å². The zero-order chi connectivity index (χ0) is 29.1. The Morgan fingerprint density at radius 2 is 0.825 bits per heavy atom. The van der Waals surface area contributed by atoms with Gasteiger partial charge in [0, 0.05) is 12.8 Å². The van der Waals surface area contributed by atoms with Crippen molar-refractivity contribution in [1.82, 2.24) is 0 Å². The van der Waals surface area contributed by atoms with E-state index < -0.39 is 29.8 Å². The molecule has 0 aromatic carbocycles. The maximum absolute atomic E-state index is 12.1. The Morgan fingerprint density at radius 3 is 1.10 bits per heavy atom. The highest BCUT2D eigenvalue weighted by Gasteiger charge is 2.19. The summed E-state index contributed by atoms with van der Waals surface area (Å²) in [5.41, 5.74) is 0.670. The molecular weight excluding hydrogens is 532 g/mol. The Hall–Kier alpha value is -5.07. The lowest BCUT2D eigenvalue weighted by atomic mass is 10.3. The molecule has 0 saturated carbocycles. The molecule has 0 N–H and O–H groups in total. The van der Waals surface area contributed by atoms with Crippen LogP contribution < -0.4 is 0 Å². The molecule has 0 aliphatic carbocycles. The summed E-state index contributed by atoms with van der Waals surface area (Å²) in [7, 11) is 1.17. The molecule has 0 radical (unpaired) electrons. The maximum Gasteiger partial charge on any atom is 0.374 e. The highest BCUT2D eigenvalue weighted by Crippen LogP contribution is 2.16. The Morgan fingerprint density at radius 1 is 0.550 bits per heavy atom. The average Bonchev–Trinajstić information content (AvgIpc) is 3.72. The monoisotopic (exact) mass is 558 g/mol. The summed E-state index contributed by atoms with van der Waals surface area (Å²) in [6.07, 6.45) is 0.384. The zero-order valence-corrected chi connectivity index (χ0v) is 21.7. The molecule has 0 spiro atoms. The fraction of sp³-hybridized carbons (Fsp3) is 0.296. The molecule has 0 aliphatic rings. The highest BCUT2D eigenvalue weighted by molar-refractivity contribution is 5.91. The Bertz CT molecular complexity index is 1370. The van der Waals surface area contributed by atoms with Gasteiger partial charge in [-0.05, 0) is 48.9 Å². The lowest BCUT2D eigenvalue weighted by Gasteiger charge is -2.05. The molecule has 0 fully saturated rings. The molecule has 3 rings (SSSR count). The van der Waals surface area contributed by atoms with E-state index in [1.165, 1.54) is 37.4 Å². The molecule has 0 saturated heterocycles. The molecule has 40 heavy (non-hydrogen) atoms. The van der Waals surface area contributed by atoms with Crippen LogP contribution in [0.3, 0.4) is 0 Å². The van der Waals surface area contributed by atoms with Crippen LogP contribution in [0.15, 0.2) is 56.2 Å². The number of ether oxygens (including phenoxy) is 5. The first-order valence-electron chi connectivity index (χ1n) is 11.9. The minimum absolute atomic E-state index is 0.0176. The molecule has 3 aromatic rings. The molecular formula is C27H26O13. The van der Waals surface area contributed by atoms with E-state index in [4.69, 9.17) is 32.2 Å². The second-order valence-electron chi connectivity index (χ2n) is 8.01. The van der Waals surface area contributed by atoms with E-state index in [-0.39, 0.29) is 68.1 Å². The van der Waals surface area contributed by atoms with Gasteiger partial charge in [0.2, 0.25) is 28.8 Å². The maximum atomic E-state index is 12.1. The van der Waals surface area contributed by atoms with Gasteiger partial charge in [0.05, 0.1) is 33.5 Å². The summed E-state index contributed by atoms with van der Waals surface area (Å²) in [4.78, 5) is 59.4. The van der Waals surface area contributed by atoms with Crippen LogP contribution in [0.25, 0.3) is 5.57 Å². The van der Waals surface area contributed by atoms with Gasteiger partial charge in [-0.25, -0.2) is 24.0 Å². The molecule has 0 unspecified atom stereocenters. The van der Waals surface area contributed by atoms with Crippen LogP contribution in [0.5, 0.6) is 0 Å². The molecule has 13 nitrogen and oxygen atoms in total. The van der Waals surface area contributed by atoms with E-state index >= 15 is 0 Å². The highest BCUT2D eigenvalue weighted by atomic mass is 16.6. The van der Waals surface area contributed by atoms with Gasteiger partial charge in [-0.3, -0.25) is 0 Å². The van der Waals surface area contributed by atoms with Crippen molar-refractivity contribution in [1.29, 1.82) is 0 Å². The van der Waals surface area contributed by atoms with E-state index in [1.807, 2.05) is 0 Å². The van der Waals surface area contributed by atoms with Crippen molar-refractivity contribution < 1.29 is 60.9 Å². The number of esters is 5. The molecule has 0 atom stereocenters. The zero-order valence-electron chi connectivity index (χ0n) is 21.7. The number of rotatable bonds is 14. The van der Waals surface area contributed by atoms with Crippen molar-refractivity contribution in [3.63, 3.8) is 0 Å². The smallest absolute Gasteiger partial charge is 0.374 e. The molecule has 13 heteroatoms. The van der Waals surface area contributed by atoms with Gasteiger partial charge >= 0.3 is 29.8 Å². The third kappa shape index (κ3) is 8.21. The second kappa shape index (κ2) is 14.2. The third-order valence-electron chi connectivity index (χ3n) is 4.94. The van der Waals surface area contributed by atoms with E-state index in [0.717, 1.165) is 0 Å². The molecule has 212 valence electrons. The van der Waals surface area contributed by atoms with E-state index in [9.17, 15) is 24.0 Å². The number of carbonyl (C=O) groups is 5. The fourth-order valence-electron chi connectivity index (χ4n) is 2.95. The molecule has 0 bridgehead atoms. The van der Waals surface area contributed by atoms with Crippen LogP contribution in [-0.2, 0) is 23.7 Å². The fourth-order valence-corrected chi connectivity index (χ4v) is 2.95. The normalized spacial score (nSPS) is 10.4. The minimum atomic E-state index is -0.834. The first-order chi connectivity index (χ1) is 19.2. The topological polar surface area (TPSA) is 171 Å². The number of methoxy groups -OCH3 is 1. The molecule has 3 heterocycles. The Labute approximate surface area is 227 Å². The van der Waals surface area contributed by atoms with Gasteiger partial charge in [0.1, 0.15) is 5.76 Å². The summed E-state index contributed by atoms with van der Waals surface area (Å²) in [6, 6.07) is 8.14. The van der Waals surface area contributed by atoms with Gasteiger partial charge in [-0.2, -0.15) is 0 Å². The van der Waals surface area contributed by atoms with Crippen molar-refractivity contribution in [3.05, 3.63) is 77.5 Å². The molecule has 0 amide bonds. The Balaban J connectivity index is 1.30. The van der Waals surface area contributed by atoms with Crippen LogP contribution in [0, 0.1) is 0 Å².